The Hall–Kier alpha value is -2.10. The van der Waals surface area contributed by atoms with Gasteiger partial charge in [0.05, 0.1) is 5.56 Å². The molecule has 2 aromatic carbocycles. The lowest BCUT2D eigenvalue weighted by Gasteiger charge is -2.15. The van der Waals surface area contributed by atoms with Gasteiger partial charge in [-0.15, -0.1) is 0 Å². The number of aliphatic carboxylic acids is 1. The van der Waals surface area contributed by atoms with E-state index in [0.29, 0.717) is 0 Å². The van der Waals surface area contributed by atoms with Gasteiger partial charge in [0.25, 0.3) is 5.91 Å². The van der Waals surface area contributed by atoms with Gasteiger partial charge in [-0.1, -0.05) is 12.1 Å². The molecule has 0 aliphatic carbocycles. The van der Waals surface area contributed by atoms with Gasteiger partial charge in [0.1, 0.15) is 6.04 Å². The molecule has 0 bridgehead atoms. The summed E-state index contributed by atoms with van der Waals surface area (Å²) >= 11 is 2.11. The number of benzene rings is 2. The first-order valence-electron chi connectivity index (χ1n) is 7.12. The number of alkyl halides is 3. The van der Waals surface area contributed by atoms with Crippen LogP contribution in [0.25, 0.3) is 0 Å². The Bertz CT molecular complexity index is 758. The van der Waals surface area contributed by atoms with Gasteiger partial charge in [0.15, 0.2) is 0 Å². The molecule has 1 amide bonds. The second kappa shape index (κ2) is 7.85. The number of halogens is 4. The summed E-state index contributed by atoms with van der Waals surface area (Å²) in [6.07, 6.45) is -4.43. The molecule has 0 fully saturated rings. The smallest absolute Gasteiger partial charge is 0.416 e. The molecule has 8 heteroatoms. The monoisotopic (exact) mass is 463 g/mol. The van der Waals surface area contributed by atoms with Gasteiger partial charge in [-0.25, -0.2) is 4.79 Å². The van der Waals surface area contributed by atoms with E-state index in [2.05, 4.69) is 27.9 Å². The standard InChI is InChI=1S/C17H13F3INO3/c18-17(19,20)12-5-3-11(4-6-12)15(23)22-14(16(24)25)9-10-1-7-13(21)8-2-10/h1-8,14H,9H2,(H,22,23)(H,24,25)/t14-/m0/s1. The SMILES string of the molecule is O=C(N[C@@H](Cc1ccc(I)cc1)C(=O)O)c1ccc(C(F)(F)F)cc1. The third-order valence-corrected chi connectivity index (χ3v) is 4.15. The van der Waals surface area contributed by atoms with Crippen molar-refractivity contribution in [3.05, 3.63) is 68.8 Å². The highest BCUT2D eigenvalue weighted by Crippen LogP contribution is 2.29. The normalized spacial score (nSPS) is 12.5. The molecule has 0 unspecified atom stereocenters. The Kier molecular flexibility index (Phi) is 6.04. The highest BCUT2D eigenvalue weighted by Gasteiger charge is 2.30. The van der Waals surface area contributed by atoms with Gasteiger partial charge in [-0.2, -0.15) is 13.2 Å². The topological polar surface area (TPSA) is 66.4 Å². The van der Waals surface area contributed by atoms with Crippen LogP contribution in [0.2, 0.25) is 0 Å². The maximum absolute atomic E-state index is 12.5. The summed E-state index contributed by atoms with van der Waals surface area (Å²) in [6, 6.07) is 9.54. The number of hydrogen-bond acceptors (Lipinski definition) is 2. The molecule has 0 aliphatic rings. The molecular formula is C17H13F3INO3. The number of carbonyl (C=O) groups is 2. The number of carboxylic acids is 1. The van der Waals surface area contributed by atoms with Crippen LogP contribution in [-0.4, -0.2) is 23.0 Å². The Labute approximate surface area is 155 Å². The minimum atomic E-state index is -4.50. The second-order valence-corrected chi connectivity index (χ2v) is 6.52. The summed E-state index contributed by atoms with van der Waals surface area (Å²) < 4.78 is 38.6. The maximum atomic E-state index is 12.5. The van der Waals surface area contributed by atoms with Gasteiger partial charge >= 0.3 is 12.1 Å². The molecule has 132 valence electrons. The molecule has 0 saturated carbocycles. The van der Waals surface area contributed by atoms with Crippen LogP contribution < -0.4 is 5.32 Å². The van der Waals surface area contributed by atoms with Crippen molar-refractivity contribution < 1.29 is 27.9 Å². The van der Waals surface area contributed by atoms with Crippen molar-refractivity contribution in [3.8, 4) is 0 Å². The molecule has 0 saturated heterocycles. The summed E-state index contributed by atoms with van der Waals surface area (Å²) in [6.45, 7) is 0. The molecule has 0 radical (unpaired) electrons. The lowest BCUT2D eigenvalue weighted by Crippen LogP contribution is -2.42. The highest BCUT2D eigenvalue weighted by molar-refractivity contribution is 14.1. The fraction of sp³-hybridized carbons (Fsp3) is 0.176. The molecule has 2 rings (SSSR count). The molecule has 0 heterocycles. The lowest BCUT2D eigenvalue weighted by atomic mass is 10.1. The summed E-state index contributed by atoms with van der Waals surface area (Å²) in [5, 5.41) is 11.6. The van der Waals surface area contributed by atoms with Crippen molar-refractivity contribution in [2.75, 3.05) is 0 Å². The number of rotatable bonds is 5. The minimum Gasteiger partial charge on any atom is -0.480 e. The van der Waals surface area contributed by atoms with E-state index in [1.807, 2.05) is 12.1 Å². The lowest BCUT2D eigenvalue weighted by molar-refractivity contribution is -0.139. The van der Waals surface area contributed by atoms with Crippen molar-refractivity contribution in [2.45, 2.75) is 18.6 Å². The quantitative estimate of drug-likeness (QED) is 0.665. The van der Waals surface area contributed by atoms with Crippen molar-refractivity contribution >= 4 is 34.5 Å². The second-order valence-electron chi connectivity index (χ2n) is 5.27. The first kappa shape index (κ1) is 19.2. The van der Waals surface area contributed by atoms with E-state index in [0.717, 1.165) is 33.4 Å². The van der Waals surface area contributed by atoms with E-state index in [4.69, 9.17) is 0 Å². The van der Waals surface area contributed by atoms with Crippen LogP contribution in [-0.2, 0) is 17.4 Å². The van der Waals surface area contributed by atoms with E-state index in [-0.39, 0.29) is 12.0 Å². The van der Waals surface area contributed by atoms with Crippen LogP contribution in [0.15, 0.2) is 48.5 Å². The number of nitrogens with one attached hydrogen (secondary N) is 1. The summed E-state index contributed by atoms with van der Waals surface area (Å²) in [5.74, 6) is -1.97. The number of hydrogen-bond donors (Lipinski definition) is 2. The Morgan fingerprint density at radius 1 is 1.04 bits per heavy atom. The Morgan fingerprint density at radius 2 is 1.60 bits per heavy atom. The number of carboxylic acid groups (broad SMARTS) is 1. The molecule has 0 spiro atoms. The van der Waals surface area contributed by atoms with Crippen LogP contribution in [0.1, 0.15) is 21.5 Å². The highest BCUT2D eigenvalue weighted by atomic mass is 127. The minimum absolute atomic E-state index is 0.0399. The predicted octanol–water partition coefficient (Wildman–Crippen LogP) is 3.74. The van der Waals surface area contributed by atoms with E-state index in [9.17, 15) is 27.9 Å². The van der Waals surface area contributed by atoms with Crippen LogP contribution in [0.3, 0.4) is 0 Å². The average molecular weight is 463 g/mol. The van der Waals surface area contributed by atoms with E-state index >= 15 is 0 Å². The van der Waals surface area contributed by atoms with E-state index in [1.54, 1.807) is 12.1 Å². The first-order valence-corrected chi connectivity index (χ1v) is 8.20. The summed E-state index contributed by atoms with van der Waals surface area (Å²) in [4.78, 5) is 23.5. The molecule has 2 N–H and O–H groups in total. The zero-order chi connectivity index (χ0) is 18.6. The molecular weight excluding hydrogens is 450 g/mol. The third-order valence-electron chi connectivity index (χ3n) is 3.43. The maximum Gasteiger partial charge on any atom is 0.416 e. The van der Waals surface area contributed by atoms with Crippen LogP contribution in [0.4, 0.5) is 13.2 Å². The molecule has 0 aliphatic heterocycles. The number of carbonyl (C=O) groups excluding carboxylic acids is 1. The largest absolute Gasteiger partial charge is 0.480 e. The molecule has 0 aromatic heterocycles. The zero-order valence-corrected chi connectivity index (χ0v) is 14.8. The van der Waals surface area contributed by atoms with Crippen LogP contribution in [0, 0.1) is 3.57 Å². The van der Waals surface area contributed by atoms with Gasteiger partial charge in [-0.05, 0) is 64.6 Å². The van der Waals surface area contributed by atoms with Gasteiger partial charge in [0, 0.05) is 15.6 Å². The Balaban J connectivity index is 2.09. The first-order chi connectivity index (χ1) is 11.7. The predicted molar refractivity (Wildman–Crippen MR) is 93.2 cm³/mol. The van der Waals surface area contributed by atoms with Gasteiger partial charge in [0.2, 0.25) is 0 Å². The molecule has 4 nitrogen and oxygen atoms in total. The number of amides is 1. The van der Waals surface area contributed by atoms with Crippen molar-refractivity contribution in [1.82, 2.24) is 5.32 Å². The fourth-order valence-corrected chi connectivity index (χ4v) is 2.47. The summed E-state index contributed by atoms with van der Waals surface area (Å²) in [7, 11) is 0. The molecule has 1 atom stereocenters. The third kappa shape index (κ3) is 5.45. The fourth-order valence-electron chi connectivity index (χ4n) is 2.11. The summed E-state index contributed by atoms with van der Waals surface area (Å²) in [5.41, 5.74) is -0.194. The van der Waals surface area contributed by atoms with Crippen LogP contribution >= 0.6 is 22.6 Å². The van der Waals surface area contributed by atoms with Crippen molar-refractivity contribution in [2.24, 2.45) is 0 Å². The zero-order valence-electron chi connectivity index (χ0n) is 12.7. The molecule has 25 heavy (non-hydrogen) atoms. The van der Waals surface area contributed by atoms with Gasteiger partial charge in [-0.3, -0.25) is 4.79 Å². The molecule has 2 aromatic rings. The average Bonchev–Trinajstić information content (AvgIpc) is 2.55. The van der Waals surface area contributed by atoms with Crippen LogP contribution in [0.5, 0.6) is 0 Å². The van der Waals surface area contributed by atoms with Gasteiger partial charge < -0.3 is 10.4 Å². The Morgan fingerprint density at radius 3 is 2.08 bits per heavy atom. The van der Waals surface area contributed by atoms with E-state index < -0.39 is 29.7 Å². The van der Waals surface area contributed by atoms with Crippen molar-refractivity contribution in [3.63, 3.8) is 0 Å². The van der Waals surface area contributed by atoms with Crippen molar-refractivity contribution in [1.29, 1.82) is 0 Å². The van der Waals surface area contributed by atoms with E-state index in [1.165, 1.54) is 0 Å².